The maximum Gasteiger partial charge on any atom is 0.240 e. The van der Waals surface area contributed by atoms with Gasteiger partial charge in [-0.05, 0) is 19.8 Å². The number of nitrogens with zero attached hydrogens (tertiary/aromatic N) is 3. The lowest BCUT2D eigenvalue weighted by Gasteiger charge is -2.22. The Labute approximate surface area is 101 Å². The molecule has 0 atom stereocenters. The topological polar surface area (TPSA) is 85.8 Å². The molecule has 0 unspecified atom stereocenters. The number of hydrogen-bond acceptors (Lipinski definition) is 4. The number of aromatic nitrogens is 3. The Morgan fingerprint density at radius 1 is 1.59 bits per heavy atom. The quantitative estimate of drug-likeness (QED) is 0.782. The van der Waals surface area contributed by atoms with E-state index in [1.807, 2.05) is 11.5 Å². The molecule has 1 saturated carbocycles. The first-order valence-electron chi connectivity index (χ1n) is 6.09. The first-order valence-corrected chi connectivity index (χ1v) is 6.09. The summed E-state index contributed by atoms with van der Waals surface area (Å²) in [6, 6.07) is 0. The summed E-state index contributed by atoms with van der Waals surface area (Å²) in [5.74, 6) is 0.697. The van der Waals surface area contributed by atoms with Crippen LogP contribution in [0.2, 0.25) is 0 Å². The average molecular weight is 237 g/mol. The van der Waals surface area contributed by atoms with Gasteiger partial charge in [-0.1, -0.05) is 12.8 Å². The number of nitrogens with two attached hydrogens (primary N) is 1. The molecule has 0 radical (unpaired) electrons. The van der Waals surface area contributed by atoms with Gasteiger partial charge in [0.1, 0.15) is 6.33 Å². The Kier molecular flexibility index (Phi) is 3.42. The number of amides is 1. The number of carbonyl (C=O) groups excluding carboxylic acids is 1. The van der Waals surface area contributed by atoms with E-state index in [1.54, 1.807) is 6.33 Å². The third kappa shape index (κ3) is 2.46. The molecule has 0 aromatic carbocycles. The summed E-state index contributed by atoms with van der Waals surface area (Å²) in [5.41, 5.74) is 5.39. The van der Waals surface area contributed by atoms with Crippen molar-refractivity contribution in [1.29, 1.82) is 0 Å². The van der Waals surface area contributed by atoms with Gasteiger partial charge in [0.2, 0.25) is 5.91 Å². The minimum absolute atomic E-state index is 0.0688. The van der Waals surface area contributed by atoms with Gasteiger partial charge in [0.05, 0.1) is 12.1 Å². The lowest BCUT2D eigenvalue weighted by molar-refractivity contribution is -0.126. The number of hydrogen-bond donors (Lipinski definition) is 2. The summed E-state index contributed by atoms with van der Waals surface area (Å²) < 4.78 is 1.90. The largest absolute Gasteiger partial charge is 0.347 e. The highest BCUT2D eigenvalue weighted by Crippen LogP contribution is 2.27. The van der Waals surface area contributed by atoms with Crippen molar-refractivity contribution in [3.05, 3.63) is 12.2 Å². The van der Waals surface area contributed by atoms with E-state index >= 15 is 0 Å². The second-order valence-corrected chi connectivity index (χ2v) is 4.58. The highest BCUT2D eigenvalue weighted by Gasteiger charge is 2.36. The molecule has 1 aromatic heterocycles. The van der Waals surface area contributed by atoms with Gasteiger partial charge in [-0.2, -0.15) is 0 Å². The van der Waals surface area contributed by atoms with E-state index in [-0.39, 0.29) is 5.91 Å². The van der Waals surface area contributed by atoms with Gasteiger partial charge < -0.3 is 15.6 Å². The minimum Gasteiger partial charge on any atom is -0.347 e. The summed E-state index contributed by atoms with van der Waals surface area (Å²) in [4.78, 5) is 12.0. The highest BCUT2D eigenvalue weighted by atomic mass is 16.2. The van der Waals surface area contributed by atoms with Crippen molar-refractivity contribution in [3.8, 4) is 0 Å². The molecule has 94 valence electrons. The van der Waals surface area contributed by atoms with Crippen LogP contribution in [0, 0.1) is 0 Å². The molecule has 0 spiro atoms. The Bertz CT molecular complexity index is 394. The van der Waals surface area contributed by atoms with Crippen molar-refractivity contribution in [3.63, 3.8) is 0 Å². The second kappa shape index (κ2) is 4.83. The predicted molar refractivity (Wildman–Crippen MR) is 62.9 cm³/mol. The molecule has 17 heavy (non-hydrogen) atoms. The number of carbonyl (C=O) groups is 1. The van der Waals surface area contributed by atoms with Crippen LogP contribution in [0.25, 0.3) is 0 Å². The molecule has 0 bridgehead atoms. The molecule has 2 rings (SSSR count). The third-order valence-electron chi connectivity index (χ3n) is 3.39. The fraction of sp³-hybridized carbons (Fsp3) is 0.727. The lowest BCUT2D eigenvalue weighted by Crippen LogP contribution is -2.51. The van der Waals surface area contributed by atoms with Crippen LogP contribution in [0.4, 0.5) is 0 Å². The van der Waals surface area contributed by atoms with Gasteiger partial charge in [-0.25, -0.2) is 0 Å². The van der Waals surface area contributed by atoms with E-state index in [9.17, 15) is 4.79 Å². The molecule has 0 aliphatic heterocycles. The summed E-state index contributed by atoms with van der Waals surface area (Å²) in [6.45, 7) is 3.20. The van der Waals surface area contributed by atoms with Crippen molar-refractivity contribution in [2.45, 2.75) is 51.2 Å². The van der Waals surface area contributed by atoms with Gasteiger partial charge in [-0.15, -0.1) is 10.2 Å². The Hall–Kier alpha value is -1.43. The van der Waals surface area contributed by atoms with Crippen LogP contribution in [0.15, 0.2) is 6.33 Å². The molecular weight excluding hydrogens is 218 g/mol. The number of nitrogens with one attached hydrogen (secondary N) is 1. The van der Waals surface area contributed by atoms with Crippen molar-refractivity contribution in [2.24, 2.45) is 5.73 Å². The smallest absolute Gasteiger partial charge is 0.240 e. The Balaban J connectivity index is 1.92. The van der Waals surface area contributed by atoms with Crippen LogP contribution in [0.1, 0.15) is 38.4 Å². The Morgan fingerprint density at radius 3 is 2.94 bits per heavy atom. The summed E-state index contributed by atoms with van der Waals surface area (Å²) >= 11 is 0. The monoisotopic (exact) mass is 237 g/mol. The Morgan fingerprint density at radius 2 is 2.29 bits per heavy atom. The summed E-state index contributed by atoms with van der Waals surface area (Å²) in [6.07, 6.45) is 5.29. The first kappa shape index (κ1) is 12.0. The summed E-state index contributed by atoms with van der Waals surface area (Å²) in [7, 11) is 0. The first-order chi connectivity index (χ1) is 8.15. The lowest BCUT2D eigenvalue weighted by atomic mass is 9.98. The molecule has 1 fully saturated rings. The van der Waals surface area contributed by atoms with E-state index < -0.39 is 5.54 Å². The molecule has 3 N–H and O–H groups in total. The van der Waals surface area contributed by atoms with Gasteiger partial charge in [-0.3, -0.25) is 4.79 Å². The fourth-order valence-corrected chi connectivity index (χ4v) is 2.25. The van der Waals surface area contributed by atoms with E-state index in [1.165, 1.54) is 0 Å². The molecule has 1 amide bonds. The van der Waals surface area contributed by atoms with Crippen molar-refractivity contribution < 1.29 is 4.79 Å². The van der Waals surface area contributed by atoms with Crippen molar-refractivity contribution >= 4 is 5.91 Å². The third-order valence-corrected chi connectivity index (χ3v) is 3.39. The zero-order valence-electron chi connectivity index (χ0n) is 10.1. The fourth-order valence-electron chi connectivity index (χ4n) is 2.25. The average Bonchev–Trinajstić information content (AvgIpc) is 2.95. The minimum atomic E-state index is -0.670. The van der Waals surface area contributed by atoms with E-state index in [0.29, 0.717) is 6.54 Å². The molecule has 1 aliphatic carbocycles. The highest BCUT2D eigenvalue weighted by molar-refractivity contribution is 5.86. The van der Waals surface area contributed by atoms with Crippen LogP contribution >= 0.6 is 0 Å². The van der Waals surface area contributed by atoms with Gasteiger partial charge in [0.25, 0.3) is 0 Å². The molecule has 1 aromatic rings. The van der Waals surface area contributed by atoms with Crippen LogP contribution < -0.4 is 11.1 Å². The zero-order valence-corrected chi connectivity index (χ0v) is 10.1. The normalized spacial score (nSPS) is 18.2. The second-order valence-electron chi connectivity index (χ2n) is 4.58. The molecule has 1 aliphatic rings. The maximum absolute atomic E-state index is 12.0. The zero-order chi connectivity index (χ0) is 12.3. The molecule has 1 heterocycles. The van der Waals surface area contributed by atoms with Crippen molar-refractivity contribution in [2.75, 3.05) is 0 Å². The predicted octanol–water partition coefficient (Wildman–Crippen LogP) is 0.186. The molecule has 0 saturated heterocycles. The maximum atomic E-state index is 12.0. The molecule has 6 nitrogen and oxygen atoms in total. The SMILES string of the molecule is CCn1cnnc1CNC(=O)C1(N)CCCC1. The number of rotatable bonds is 4. The standard InChI is InChI=1S/C11H19N5O/c1-2-16-8-14-15-9(16)7-13-10(17)11(12)5-3-4-6-11/h8H,2-7,12H2,1H3,(H,13,17). The van der Waals surface area contributed by atoms with E-state index in [0.717, 1.165) is 38.1 Å². The van der Waals surface area contributed by atoms with Gasteiger partial charge in [0, 0.05) is 6.54 Å². The molecular formula is C11H19N5O. The number of aryl methyl sites for hydroxylation is 1. The van der Waals surface area contributed by atoms with Gasteiger partial charge in [0.15, 0.2) is 5.82 Å². The molecule has 6 heteroatoms. The van der Waals surface area contributed by atoms with Crippen LogP contribution in [-0.4, -0.2) is 26.2 Å². The summed E-state index contributed by atoms with van der Waals surface area (Å²) in [5, 5.41) is 10.6. The van der Waals surface area contributed by atoms with Crippen LogP contribution in [-0.2, 0) is 17.9 Å². The van der Waals surface area contributed by atoms with E-state index in [2.05, 4.69) is 15.5 Å². The van der Waals surface area contributed by atoms with Gasteiger partial charge >= 0.3 is 0 Å². The van der Waals surface area contributed by atoms with Crippen LogP contribution in [0.3, 0.4) is 0 Å². The van der Waals surface area contributed by atoms with Crippen LogP contribution in [0.5, 0.6) is 0 Å². The van der Waals surface area contributed by atoms with Crippen molar-refractivity contribution in [1.82, 2.24) is 20.1 Å². The van der Waals surface area contributed by atoms with E-state index in [4.69, 9.17) is 5.73 Å².